The third-order valence-electron chi connectivity index (χ3n) is 3.83. The first-order chi connectivity index (χ1) is 10.5. The van der Waals surface area contributed by atoms with Gasteiger partial charge in [0.1, 0.15) is 5.54 Å². The van der Waals surface area contributed by atoms with E-state index < -0.39 is 5.54 Å². The number of hydrogen-bond acceptors (Lipinski definition) is 3. The largest absolute Gasteiger partial charge is 0.377 e. The van der Waals surface area contributed by atoms with Gasteiger partial charge in [-0.3, -0.25) is 9.69 Å². The highest BCUT2D eigenvalue weighted by Gasteiger charge is 2.51. The number of nitrogens with zero attached hydrogens (tertiary/aromatic N) is 1. The maximum absolute atomic E-state index is 12.9. The maximum atomic E-state index is 12.9. The van der Waals surface area contributed by atoms with Gasteiger partial charge in [0.25, 0.3) is 5.91 Å². The van der Waals surface area contributed by atoms with Crippen molar-refractivity contribution in [2.75, 3.05) is 13.2 Å². The average molecular weight is 304 g/mol. The molecule has 0 aromatic heterocycles. The summed E-state index contributed by atoms with van der Waals surface area (Å²) in [6, 6.07) is 9.12. The molecule has 3 amide bonds. The molecule has 1 N–H and O–H groups in total. The van der Waals surface area contributed by atoms with Crippen molar-refractivity contribution in [2.24, 2.45) is 0 Å². The highest BCUT2D eigenvalue weighted by Crippen LogP contribution is 2.33. The Morgan fingerprint density at radius 1 is 1.23 bits per heavy atom. The van der Waals surface area contributed by atoms with Gasteiger partial charge < -0.3 is 10.1 Å². The molecule has 1 atom stereocenters. The van der Waals surface area contributed by atoms with E-state index in [1.807, 2.05) is 51.1 Å². The molecular weight excluding hydrogens is 280 g/mol. The van der Waals surface area contributed by atoms with Crippen LogP contribution in [-0.4, -0.2) is 36.1 Å². The minimum absolute atomic E-state index is 0.0790. The lowest BCUT2D eigenvalue weighted by atomic mass is 9.85. The van der Waals surface area contributed by atoms with E-state index in [4.69, 9.17) is 4.74 Å². The second kappa shape index (κ2) is 6.92. The number of carbonyl (C=O) groups excluding carboxylic acids is 2. The van der Waals surface area contributed by atoms with Gasteiger partial charge in [-0.15, -0.1) is 0 Å². The van der Waals surface area contributed by atoms with Crippen LogP contribution >= 0.6 is 0 Å². The molecule has 5 nitrogen and oxygen atoms in total. The molecule has 0 radical (unpaired) electrons. The molecular formula is C17H24N2O3. The van der Waals surface area contributed by atoms with Crippen molar-refractivity contribution in [1.82, 2.24) is 10.2 Å². The zero-order chi connectivity index (χ0) is 16.2. The molecule has 0 saturated carbocycles. The second-order valence-electron chi connectivity index (χ2n) is 5.83. The molecule has 2 rings (SSSR count). The Hall–Kier alpha value is -1.88. The van der Waals surface area contributed by atoms with E-state index in [0.29, 0.717) is 13.0 Å². The molecule has 1 heterocycles. The van der Waals surface area contributed by atoms with Gasteiger partial charge in [-0.2, -0.15) is 0 Å². The lowest BCUT2D eigenvalue weighted by Crippen LogP contribution is -2.44. The molecule has 0 spiro atoms. The molecule has 1 aromatic rings. The van der Waals surface area contributed by atoms with Crippen LogP contribution in [0.4, 0.5) is 4.79 Å². The molecule has 1 aliphatic heterocycles. The number of nitrogens with one attached hydrogen (secondary N) is 1. The van der Waals surface area contributed by atoms with Gasteiger partial charge in [-0.25, -0.2) is 4.79 Å². The monoisotopic (exact) mass is 304 g/mol. The molecule has 0 aliphatic carbocycles. The third-order valence-corrected chi connectivity index (χ3v) is 3.83. The minimum atomic E-state index is -0.940. The number of amides is 3. The fourth-order valence-corrected chi connectivity index (χ4v) is 2.82. The van der Waals surface area contributed by atoms with Crippen molar-refractivity contribution in [1.29, 1.82) is 0 Å². The van der Waals surface area contributed by atoms with E-state index in [9.17, 15) is 9.59 Å². The summed E-state index contributed by atoms with van der Waals surface area (Å²) >= 11 is 0. The summed E-state index contributed by atoms with van der Waals surface area (Å²) in [6.07, 6.45) is 1.47. The second-order valence-corrected chi connectivity index (χ2v) is 5.83. The quantitative estimate of drug-likeness (QED) is 0.788. The van der Waals surface area contributed by atoms with E-state index >= 15 is 0 Å². The van der Waals surface area contributed by atoms with Crippen LogP contribution in [0.25, 0.3) is 0 Å². The predicted octanol–water partition coefficient (Wildman–Crippen LogP) is 2.66. The van der Waals surface area contributed by atoms with Gasteiger partial charge >= 0.3 is 6.03 Å². The van der Waals surface area contributed by atoms with Crippen molar-refractivity contribution >= 4 is 11.9 Å². The number of carbonyl (C=O) groups is 2. The molecule has 1 unspecified atom stereocenters. The Kier molecular flexibility index (Phi) is 5.19. The third kappa shape index (κ3) is 3.14. The Bertz CT molecular complexity index is 530. The van der Waals surface area contributed by atoms with E-state index in [0.717, 1.165) is 12.0 Å². The fourth-order valence-electron chi connectivity index (χ4n) is 2.82. The standard InChI is InChI=1S/C17H24N2O3/c1-4-10-17(14-8-6-5-7-9-14)15(20)19(16(21)18-17)11-12-22-13(2)3/h5-9,13H,4,10-12H2,1-3H3,(H,18,21). The number of rotatable bonds is 7. The zero-order valence-electron chi connectivity index (χ0n) is 13.5. The van der Waals surface area contributed by atoms with Crippen LogP contribution in [0, 0.1) is 0 Å². The van der Waals surface area contributed by atoms with Gasteiger partial charge in [0, 0.05) is 0 Å². The summed E-state index contributed by atoms with van der Waals surface area (Å²) in [5, 5.41) is 2.90. The van der Waals surface area contributed by atoms with Crippen LogP contribution in [0.2, 0.25) is 0 Å². The average Bonchev–Trinajstić information content (AvgIpc) is 2.73. The normalized spacial score (nSPS) is 21.5. The highest BCUT2D eigenvalue weighted by atomic mass is 16.5. The van der Waals surface area contributed by atoms with Crippen molar-refractivity contribution < 1.29 is 14.3 Å². The Morgan fingerprint density at radius 2 is 1.91 bits per heavy atom. The number of urea groups is 1. The van der Waals surface area contributed by atoms with Crippen LogP contribution in [0.5, 0.6) is 0 Å². The first-order valence-corrected chi connectivity index (χ1v) is 7.82. The molecule has 1 saturated heterocycles. The molecule has 0 bridgehead atoms. The topological polar surface area (TPSA) is 58.6 Å². The van der Waals surface area contributed by atoms with E-state index in [-0.39, 0.29) is 24.6 Å². The summed E-state index contributed by atoms with van der Waals surface area (Å²) in [5.74, 6) is -0.182. The van der Waals surface area contributed by atoms with E-state index in [1.165, 1.54) is 4.90 Å². The Morgan fingerprint density at radius 3 is 2.50 bits per heavy atom. The number of ether oxygens (including phenoxy) is 1. The van der Waals surface area contributed by atoms with Crippen molar-refractivity contribution in [3.8, 4) is 0 Å². The van der Waals surface area contributed by atoms with Crippen molar-refractivity contribution in [3.05, 3.63) is 35.9 Å². The summed E-state index contributed by atoms with van der Waals surface area (Å²) in [6.45, 7) is 6.50. The number of benzene rings is 1. The van der Waals surface area contributed by atoms with Crippen LogP contribution < -0.4 is 5.32 Å². The first kappa shape index (κ1) is 16.5. The molecule has 1 aliphatic rings. The number of hydrogen-bond donors (Lipinski definition) is 1. The lowest BCUT2D eigenvalue weighted by molar-refractivity contribution is -0.132. The van der Waals surface area contributed by atoms with Gasteiger partial charge in [0.05, 0.1) is 19.3 Å². The Labute approximate surface area is 131 Å². The Balaban J connectivity index is 2.22. The zero-order valence-corrected chi connectivity index (χ0v) is 13.5. The molecule has 1 fully saturated rings. The summed E-state index contributed by atoms with van der Waals surface area (Å²) in [7, 11) is 0. The maximum Gasteiger partial charge on any atom is 0.325 e. The van der Waals surface area contributed by atoms with E-state index in [2.05, 4.69) is 5.32 Å². The lowest BCUT2D eigenvalue weighted by Gasteiger charge is -2.27. The number of imide groups is 1. The molecule has 120 valence electrons. The molecule has 5 heteroatoms. The van der Waals surface area contributed by atoms with Crippen LogP contribution in [0.1, 0.15) is 39.2 Å². The minimum Gasteiger partial charge on any atom is -0.377 e. The molecule has 22 heavy (non-hydrogen) atoms. The fraction of sp³-hybridized carbons (Fsp3) is 0.529. The first-order valence-electron chi connectivity index (χ1n) is 7.82. The van der Waals surface area contributed by atoms with Crippen molar-refractivity contribution in [3.63, 3.8) is 0 Å². The van der Waals surface area contributed by atoms with Gasteiger partial charge in [-0.1, -0.05) is 43.7 Å². The van der Waals surface area contributed by atoms with Crippen LogP contribution in [0.15, 0.2) is 30.3 Å². The summed E-state index contributed by atoms with van der Waals surface area (Å²) in [5.41, 5.74) is -0.104. The highest BCUT2D eigenvalue weighted by molar-refractivity contribution is 6.07. The summed E-state index contributed by atoms with van der Waals surface area (Å²) < 4.78 is 5.46. The van der Waals surface area contributed by atoms with Crippen molar-refractivity contribution in [2.45, 2.75) is 45.3 Å². The smallest absolute Gasteiger partial charge is 0.325 e. The predicted molar refractivity (Wildman–Crippen MR) is 84.4 cm³/mol. The van der Waals surface area contributed by atoms with Gasteiger partial charge in [-0.05, 0) is 25.8 Å². The van der Waals surface area contributed by atoms with E-state index in [1.54, 1.807) is 0 Å². The van der Waals surface area contributed by atoms with Gasteiger partial charge in [0.15, 0.2) is 0 Å². The summed E-state index contributed by atoms with van der Waals surface area (Å²) in [4.78, 5) is 26.4. The SMILES string of the molecule is CCCC1(c2ccccc2)NC(=O)N(CCOC(C)C)C1=O. The van der Waals surface area contributed by atoms with Crippen LogP contribution in [0.3, 0.4) is 0 Å². The van der Waals surface area contributed by atoms with Gasteiger partial charge in [0.2, 0.25) is 0 Å². The molecule has 1 aromatic carbocycles. The van der Waals surface area contributed by atoms with Crippen LogP contribution in [-0.2, 0) is 15.1 Å².